The van der Waals surface area contributed by atoms with Crippen molar-refractivity contribution in [3.63, 3.8) is 0 Å². The molecule has 0 radical (unpaired) electrons. The van der Waals surface area contributed by atoms with E-state index in [1.54, 1.807) is 13.0 Å². The smallest absolute Gasteiger partial charge is 0.408 e. The average molecular weight is 365 g/mol. The van der Waals surface area contributed by atoms with Gasteiger partial charge in [-0.25, -0.2) is 9.59 Å². The number of aryl methyl sites for hydroxylation is 1. The monoisotopic (exact) mass is 365 g/mol. The largest absolute Gasteiger partial charge is 0.419 e. The summed E-state index contributed by atoms with van der Waals surface area (Å²) in [6.45, 7) is 2.21. The van der Waals surface area contributed by atoms with Gasteiger partial charge in [-0.05, 0) is 31.2 Å². The van der Waals surface area contributed by atoms with Crippen molar-refractivity contribution >= 4 is 28.5 Å². The molecule has 3 rings (SSSR count). The molecule has 0 aliphatic carbocycles. The van der Waals surface area contributed by atoms with Crippen molar-refractivity contribution in [2.45, 2.75) is 19.6 Å². The maximum absolute atomic E-state index is 13.0. The first-order chi connectivity index (χ1) is 12.3. The lowest BCUT2D eigenvalue weighted by atomic mass is 10.1. The van der Waals surface area contributed by atoms with Gasteiger partial charge < -0.3 is 15.1 Å². The van der Waals surface area contributed by atoms with E-state index in [4.69, 9.17) is 4.42 Å². The Kier molecular flexibility index (Phi) is 4.45. The quantitative estimate of drug-likeness (QED) is 0.727. The summed E-state index contributed by atoms with van der Waals surface area (Å²) in [5.74, 6) is -0.525. The second kappa shape index (κ2) is 6.58. The summed E-state index contributed by atoms with van der Waals surface area (Å²) in [7, 11) is 0. The van der Waals surface area contributed by atoms with Crippen LogP contribution in [0.1, 0.15) is 12.5 Å². The minimum Gasteiger partial charge on any atom is -0.408 e. The third-order valence-electron chi connectivity index (χ3n) is 3.72. The van der Waals surface area contributed by atoms with Gasteiger partial charge in [0.05, 0.1) is 16.8 Å². The van der Waals surface area contributed by atoms with Gasteiger partial charge in [0.2, 0.25) is 0 Å². The zero-order valence-electron chi connectivity index (χ0n) is 13.6. The summed E-state index contributed by atoms with van der Waals surface area (Å²) >= 11 is 0. The molecule has 1 aromatic heterocycles. The number of rotatable bonds is 3. The van der Waals surface area contributed by atoms with E-state index in [1.807, 2.05) is 0 Å². The molecule has 1 heterocycles. The van der Waals surface area contributed by atoms with Crippen LogP contribution in [0.4, 0.5) is 29.3 Å². The summed E-state index contributed by atoms with van der Waals surface area (Å²) < 4.78 is 45.4. The highest BCUT2D eigenvalue weighted by atomic mass is 19.4. The van der Waals surface area contributed by atoms with Gasteiger partial charge in [0.25, 0.3) is 0 Å². The van der Waals surface area contributed by atoms with E-state index in [2.05, 4.69) is 10.6 Å². The van der Waals surface area contributed by atoms with Gasteiger partial charge in [0, 0.05) is 18.3 Å². The van der Waals surface area contributed by atoms with Crippen LogP contribution in [-0.4, -0.2) is 10.6 Å². The average Bonchev–Trinajstić information content (AvgIpc) is 2.88. The lowest BCUT2D eigenvalue weighted by molar-refractivity contribution is -0.136. The molecule has 136 valence electrons. The Labute approximate surface area is 145 Å². The minimum atomic E-state index is -4.59. The summed E-state index contributed by atoms with van der Waals surface area (Å²) in [5, 5.41) is 4.59. The molecule has 0 atom stereocenters. The van der Waals surface area contributed by atoms with E-state index in [9.17, 15) is 22.8 Å². The summed E-state index contributed by atoms with van der Waals surface area (Å²) in [6.07, 6.45) is -4.59. The summed E-state index contributed by atoms with van der Waals surface area (Å²) in [6, 6.07) is 8.35. The SMILES string of the molecule is CCn1c(=O)oc2cc(NC(=O)Nc3ccccc3C(F)(F)F)ccc21. The van der Waals surface area contributed by atoms with Crippen molar-refractivity contribution in [2.24, 2.45) is 0 Å². The highest BCUT2D eigenvalue weighted by Gasteiger charge is 2.33. The highest BCUT2D eigenvalue weighted by Crippen LogP contribution is 2.34. The summed E-state index contributed by atoms with van der Waals surface area (Å²) in [4.78, 5) is 23.7. The molecular weight excluding hydrogens is 351 g/mol. The fourth-order valence-corrected chi connectivity index (χ4v) is 2.57. The van der Waals surface area contributed by atoms with Gasteiger partial charge in [-0.1, -0.05) is 12.1 Å². The predicted octanol–water partition coefficient (Wildman–Crippen LogP) is 4.28. The Hall–Kier alpha value is -3.23. The van der Waals surface area contributed by atoms with Gasteiger partial charge in [-0.15, -0.1) is 0 Å². The molecule has 0 fully saturated rings. The number of benzene rings is 2. The molecule has 9 heteroatoms. The van der Waals surface area contributed by atoms with Gasteiger partial charge in [0.1, 0.15) is 0 Å². The molecule has 3 aromatic rings. The molecule has 0 saturated heterocycles. The Balaban J connectivity index is 1.81. The molecule has 2 aromatic carbocycles. The molecular formula is C17H14F3N3O3. The molecule has 0 aliphatic heterocycles. The second-order valence-electron chi connectivity index (χ2n) is 5.42. The minimum absolute atomic E-state index is 0.269. The van der Waals surface area contributed by atoms with Crippen LogP contribution < -0.4 is 16.4 Å². The predicted molar refractivity (Wildman–Crippen MR) is 90.2 cm³/mol. The van der Waals surface area contributed by atoms with E-state index in [-0.39, 0.29) is 17.0 Å². The Morgan fingerprint density at radius 3 is 2.58 bits per heavy atom. The molecule has 0 spiro atoms. The van der Waals surface area contributed by atoms with E-state index in [0.29, 0.717) is 12.1 Å². The zero-order valence-corrected chi connectivity index (χ0v) is 13.6. The number of hydrogen-bond acceptors (Lipinski definition) is 3. The molecule has 0 bridgehead atoms. The number of carbonyl (C=O) groups excluding carboxylic acids is 1. The third kappa shape index (κ3) is 3.41. The number of nitrogens with zero attached hydrogens (tertiary/aromatic N) is 1. The van der Waals surface area contributed by atoms with E-state index in [1.165, 1.54) is 28.8 Å². The number of hydrogen-bond donors (Lipinski definition) is 2. The van der Waals surface area contributed by atoms with Crippen molar-refractivity contribution in [2.75, 3.05) is 10.6 Å². The van der Waals surface area contributed by atoms with Crippen LogP contribution in [0, 0.1) is 0 Å². The fourth-order valence-electron chi connectivity index (χ4n) is 2.57. The normalized spacial score (nSPS) is 11.5. The highest BCUT2D eigenvalue weighted by molar-refractivity contribution is 6.01. The molecule has 0 saturated carbocycles. The number of carbonyl (C=O) groups is 1. The lowest BCUT2D eigenvalue weighted by Crippen LogP contribution is -2.21. The first-order valence-corrected chi connectivity index (χ1v) is 7.67. The van der Waals surface area contributed by atoms with Gasteiger partial charge in [-0.3, -0.25) is 4.57 Å². The Morgan fingerprint density at radius 1 is 1.15 bits per heavy atom. The number of nitrogens with one attached hydrogen (secondary N) is 2. The van der Waals surface area contributed by atoms with Crippen LogP contribution in [0.25, 0.3) is 11.1 Å². The number of anilines is 2. The standard InChI is InChI=1S/C17H14F3N3O3/c1-2-23-13-8-7-10(9-14(13)26-16(23)25)21-15(24)22-12-6-4-3-5-11(12)17(18,19)20/h3-9H,2H2,1H3,(H2,21,22,24). The molecule has 0 unspecified atom stereocenters. The number of urea groups is 1. The Bertz CT molecular complexity index is 1020. The maximum atomic E-state index is 13.0. The van der Waals surface area contributed by atoms with Gasteiger partial charge in [-0.2, -0.15) is 13.2 Å². The van der Waals surface area contributed by atoms with Gasteiger partial charge in [0.15, 0.2) is 5.58 Å². The molecule has 0 aliphatic rings. The topological polar surface area (TPSA) is 76.3 Å². The number of fused-ring (bicyclic) bond motifs is 1. The van der Waals surface area contributed by atoms with Crippen LogP contribution in [0.5, 0.6) is 0 Å². The number of halogens is 3. The van der Waals surface area contributed by atoms with Crippen molar-refractivity contribution < 1.29 is 22.4 Å². The first kappa shape index (κ1) is 17.6. The van der Waals surface area contributed by atoms with Crippen LogP contribution >= 0.6 is 0 Å². The fraction of sp³-hybridized carbons (Fsp3) is 0.176. The lowest BCUT2D eigenvalue weighted by Gasteiger charge is -2.14. The number of aromatic nitrogens is 1. The van der Waals surface area contributed by atoms with Crippen molar-refractivity contribution in [1.29, 1.82) is 0 Å². The first-order valence-electron chi connectivity index (χ1n) is 7.67. The van der Waals surface area contributed by atoms with Crippen molar-refractivity contribution in [3.8, 4) is 0 Å². The van der Waals surface area contributed by atoms with Crippen LogP contribution in [0.2, 0.25) is 0 Å². The number of para-hydroxylation sites is 1. The zero-order chi connectivity index (χ0) is 18.9. The number of oxazole rings is 1. The van der Waals surface area contributed by atoms with E-state index >= 15 is 0 Å². The van der Waals surface area contributed by atoms with E-state index < -0.39 is 23.5 Å². The molecule has 2 N–H and O–H groups in total. The maximum Gasteiger partial charge on any atom is 0.419 e. The summed E-state index contributed by atoms with van der Waals surface area (Å²) in [5.41, 5.74) is -0.202. The van der Waals surface area contributed by atoms with Crippen LogP contribution in [0.15, 0.2) is 51.7 Å². The van der Waals surface area contributed by atoms with Gasteiger partial charge >= 0.3 is 18.0 Å². The number of amides is 2. The third-order valence-corrected chi connectivity index (χ3v) is 3.72. The van der Waals surface area contributed by atoms with Crippen molar-refractivity contribution in [3.05, 3.63) is 58.6 Å². The van der Waals surface area contributed by atoms with Crippen LogP contribution in [-0.2, 0) is 12.7 Å². The molecule has 26 heavy (non-hydrogen) atoms. The number of alkyl halides is 3. The molecule has 2 amide bonds. The van der Waals surface area contributed by atoms with Crippen molar-refractivity contribution in [1.82, 2.24) is 4.57 Å². The van der Waals surface area contributed by atoms with Crippen LogP contribution in [0.3, 0.4) is 0 Å². The molecule has 6 nitrogen and oxygen atoms in total. The second-order valence-corrected chi connectivity index (χ2v) is 5.42. The Morgan fingerprint density at radius 2 is 1.88 bits per heavy atom. The van der Waals surface area contributed by atoms with E-state index in [0.717, 1.165) is 12.1 Å².